The molecule has 0 radical (unpaired) electrons. The van der Waals surface area contributed by atoms with Crippen molar-refractivity contribution in [2.24, 2.45) is 0 Å². The van der Waals surface area contributed by atoms with Gasteiger partial charge in [0.2, 0.25) is 5.91 Å². The fraction of sp³-hybridized carbons (Fsp3) is 0.417. The Morgan fingerprint density at radius 2 is 1.60 bits per heavy atom. The van der Waals surface area contributed by atoms with E-state index in [4.69, 9.17) is 16.3 Å². The molecule has 1 atom stereocenters. The minimum atomic E-state index is -0.582. The molecule has 2 amide bonds. The number of hydrogen-bond acceptors (Lipinski definition) is 3. The van der Waals surface area contributed by atoms with Gasteiger partial charge in [0.05, 0.1) is 0 Å². The van der Waals surface area contributed by atoms with Crippen molar-refractivity contribution in [3.8, 4) is 5.75 Å². The molecule has 0 bridgehead atoms. The standard InChI is InChI=1S/C24H31ClN2O3/c1-5-18-9-13-21(14-10-18)30-16-23(28)27(15-19-7-11-20(25)12-8-19)22(6-2)24(29)26-17(3)4/h7-14,17,22H,5-6,15-16H2,1-4H3,(H,26,29)/t22-/m1/s1. The molecule has 0 fully saturated rings. The minimum absolute atomic E-state index is 0.00707. The zero-order valence-electron chi connectivity index (χ0n) is 18.2. The van der Waals surface area contributed by atoms with E-state index in [2.05, 4.69) is 12.2 Å². The second-order valence-corrected chi connectivity index (χ2v) is 7.96. The highest BCUT2D eigenvalue weighted by Crippen LogP contribution is 2.17. The number of benzene rings is 2. The molecular formula is C24H31ClN2O3. The molecule has 0 unspecified atom stereocenters. The molecule has 5 nitrogen and oxygen atoms in total. The number of hydrogen-bond donors (Lipinski definition) is 1. The molecule has 0 aliphatic heterocycles. The Labute approximate surface area is 184 Å². The molecule has 2 aromatic carbocycles. The molecule has 2 rings (SSSR count). The van der Waals surface area contributed by atoms with Gasteiger partial charge in [-0.1, -0.05) is 49.7 Å². The smallest absolute Gasteiger partial charge is 0.261 e. The van der Waals surface area contributed by atoms with Crippen LogP contribution in [0, 0.1) is 0 Å². The SMILES string of the molecule is CCc1ccc(OCC(=O)N(Cc2ccc(Cl)cc2)[C@H](CC)C(=O)NC(C)C)cc1. The highest BCUT2D eigenvalue weighted by atomic mass is 35.5. The van der Waals surface area contributed by atoms with Crippen molar-refractivity contribution in [2.45, 2.75) is 59.2 Å². The highest BCUT2D eigenvalue weighted by Gasteiger charge is 2.29. The van der Waals surface area contributed by atoms with Gasteiger partial charge in [-0.3, -0.25) is 9.59 Å². The molecule has 0 spiro atoms. The van der Waals surface area contributed by atoms with E-state index in [1.54, 1.807) is 17.0 Å². The third-order valence-corrected chi connectivity index (χ3v) is 5.03. The predicted molar refractivity (Wildman–Crippen MR) is 121 cm³/mol. The summed E-state index contributed by atoms with van der Waals surface area (Å²) in [6, 6.07) is 14.4. The lowest BCUT2D eigenvalue weighted by Gasteiger charge is -2.31. The number of aryl methyl sites for hydroxylation is 1. The van der Waals surface area contributed by atoms with Gasteiger partial charge in [0.15, 0.2) is 6.61 Å². The Balaban J connectivity index is 2.17. The van der Waals surface area contributed by atoms with Crippen LogP contribution in [-0.2, 0) is 22.6 Å². The number of ether oxygens (including phenoxy) is 1. The lowest BCUT2D eigenvalue weighted by atomic mass is 10.1. The van der Waals surface area contributed by atoms with E-state index >= 15 is 0 Å². The zero-order valence-corrected chi connectivity index (χ0v) is 18.9. The van der Waals surface area contributed by atoms with Crippen molar-refractivity contribution in [3.05, 3.63) is 64.7 Å². The second-order valence-electron chi connectivity index (χ2n) is 7.52. The van der Waals surface area contributed by atoms with Crippen molar-refractivity contribution >= 4 is 23.4 Å². The maximum atomic E-state index is 13.1. The number of carbonyl (C=O) groups excluding carboxylic acids is 2. The third kappa shape index (κ3) is 7.06. The monoisotopic (exact) mass is 430 g/mol. The van der Waals surface area contributed by atoms with E-state index < -0.39 is 6.04 Å². The molecule has 162 valence electrons. The molecule has 0 saturated heterocycles. The van der Waals surface area contributed by atoms with Crippen LogP contribution in [0.1, 0.15) is 45.2 Å². The van der Waals surface area contributed by atoms with Gasteiger partial charge in [-0.2, -0.15) is 0 Å². The summed E-state index contributed by atoms with van der Waals surface area (Å²) in [4.78, 5) is 27.4. The predicted octanol–water partition coefficient (Wildman–Crippen LogP) is 4.61. The zero-order chi connectivity index (χ0) is 22.1. The van der Waals surface area contributed by atoms with Crippen LogP contribution in [0.5, 0.6) is 5.75 Å². The van der Waals surface area contributed by atoms with Crippen LogP contribution in [0.2, 0.25) is 5.02 Å². The van der Waals surface area contributed by atoms with Crippen molar-refractivity contribution < 1.29 is 14.3 Å². The number of rotatable bonds is 10. The van der Waals surface area contributed by atoms with Crippen LogP contribution < -0.4 is 10.1 Å². The van der Waals surface area contributed by atoms with Gasteiger partial charge >= 0.3 is 0 Å². The Morgan fingerprint density at radius 1 is 1.00 bits per heavy atom. The number of nitrogens with zero attached hydrogens (tertiary/aromatic N) is 1. The summed E-state index contributed by atoms with van der Waals surface area (Å²) in [5, 5.41) is 3.54. The number of halogens is 1. The molecule has 0 saturated carbocycles. The molecule has 0 heterocycles. The van der Waals surface area contributed by atoms with Gasteiger partial charge in [0.25, 0.3) is 5.91 Å². The largest absolute Gasteiger partial charge is 0.484 e. The first-order chi connectivity index (χ1) is 14.3. The van der Waals surface area contributed by atoms with E-state index in [0.717, 1.165) is 12.0 Å². The van der Waals surface area contributed by atoms with Crippen LogP contribution in [0.25, 0.3) is 0 Å². The topological polar surface area (TPSA) is 58.6 Å². The summed E-state index contributed by atoms with van der Waals surface area (Å²) in [6.45, 7) is 7.96. The van der Waals surface area contributed by atoms with Gasteiger partial charge in [-0.25, -0.2) is 0 Å². The lowest BCUT2D eigenvalue weighted by Crippen LogP contribution is -2.51. The van der Waals surface area contributed by atoms with Crippen LogP contribution in [0.4, 0.5) is 0 Å². The molecule has 6 heteroatoms. The Hall–Kier alpha value is -2.53. The Morgan fingerprint density at radius 3 is 2.13 bits per heavy atom. The van der Waals surface area contributed by atoms with Crippen LogP contribution in [-0.4, -0.2) is 35.4 Å². The van der Waals surface area contributed by atoms with Crippen LogP contribution >= 0.6 is 11.6 Å². The average Bonchev–Trinajstić information content (AvgIpc) is 2.73. The summed E-state index contributed by atoms with van der Waals surface area (Å²) in [5.41, 5.74) is 2.10. The molecule has 30 heavy (non-hydrogen) atoms. The maximum absolute atomic E-state index is 13.1. The van der Waals surface area contributed by atoms with E-state index in [0.29, 0.717) is 23.7 Å². The van der Waals surface area contributed by atoms with E-state index in [1.165, 1.54) is 5.56 Å². The quantitative estimate of drug-likeness (QED) is 0.598. The average molecular weight is 431 g/mol. The summed E-state index contributed by atoms with van der Waals surface area (Å²) in [7, 11) is 0. The van der Waals surface area contributed by atoms with E-state index in [1.807, 2.05) is 57.2 Å². The first-order valence-electron chi connectivity index (χ1n) is 10.4. The lowest BCUT2D eigenvalue weighted by molar-refractivity contribution is -0.143. The van der Waals surface area contributed by atoms with Gasteiger partial charge in [0.1, 0.15) is 11.8 Å². The van der Waals surface area contributed by atoms with Gasteiger partial charge in [-0.05, 0) is 62.1 Å². The summed E-state index contributed by atoms with van der Waals surface area (Å²) >= 11 is 5.98. The summed E-state index contributed by atoms with van der Waals surface area (Å²) in [5.74, 6) is 0.226. The maximum Gasteiger partial charge on any atom is 0.261 e. The highest BCUT2D eigenvalue weighted by molar-refractivity contribution is 6.30. The van der Waals surface area contributed by atoms with Gasteiger partial charge in [0, 0.05) is 17.6 Å². The third-order valence-electron chi connectivity index (χ3n) is 4.78. The molecule has 1 N–H and O–H groups in total. The molecule has 0 aliphatic carbocycles. The first-order valence-corrected chi connectivity index (χ1v) is 10.8. The minimum Gasteiger partial charge on any atom is -0.484 e. The number of nitrogens with one attached hydrogen (secondary N) is 1. The summed E-state index contributed by atoms with van der Waals surface area (Å²) < 4.78 is 5.72. The van der Waals surface area contributed by atoms with Crippen molar-refractivity contribution in [3.63, 3.8) is 0 Å². The fourth-order valence-electron chi connectivity index (χ4n) is 3.14. The Kier molecular flexibility index (Phi) is 9.18. The van der Waals surface area contributed by atoms with Crippen molar-refractivity contribution in [2.75, 3.05) is 6.61 Å². The van der Waals surface area contributed by atoms with Crippen molar-refractivity contribution in [1.82, 2.24) is 10.2 Å². The van der Waals surface area contributed by atoms with Crippen molar-refractivity contribution in [1.29, 1.82) is 0 Å². The Bertz CT molecular complexity index is 819. The molecular weight excluding hydrogens is 400 g/mol. The normalized spacial score (nSPS) is 11.8. The first kappa shape index (κ1) is 23.7. The summed E-state index contributed by atoms with van der Waals surface area (Å²) in [6.07, 6.45) is 1.44. The molecule has 0 aliphatic rings. The van der Waals surface area contributed by atoms with Gasteiger partial charge < -0.3 is 15.0 Å². The van der Waals surface area contributed by atoms with Crippen LogP contribution in [0.15, 0.2) is 48.5 Å². The molecule has 2 aromatic rings. The second kappa shape index (κ2) is 11.6. The van der Waals surface area contributed by atoms with Crippen LogP contribution in [0.3, 0.4) is 0 Å². The number of carbonyl (C=O) groups is 2. The fourth-order valence-corrected chi connectivity index (χ4v) is 3.26. The number of amides is 2. The van der Waals surface area contributed by atoms with E-state index in [9.17, 15) is 9.59 Å². The van der Waals surface area contributed by atoms with Gasteiger partial charge in [-0.15, -0.1) is 0 Å². The molecule has 0 aromatic heterocycles. The van der Waals surface area contributed by atoms with E-state index in [-0.39, 0.29) is 24.5 Å².